The lowest BCUT2D eigenvalue weighted by Crippen LogP contribution is -2.30. The first kappa shape index (κ1) is 9.45. The number of phenols is 1. The SMILES string of the molecule is Oc1ccc(C2OCC(O)CO2)cc1. The van der Waals surface area contributed by atoms with E-state index in [2.05, 4.69) is 0 Å². The summed E-state index contributed by atoms with van der Waals surface area (Å²) >= 11 is 0. The normalized spacial score (nSPS) is 27.5. The van der Waals surface area contributed by atoms with Gasteiger partial charge in [0.2, 0.25) is 0 Å². The van der Waals surface area contributed by atoms with Crippen LogP contribution >= 0.6 is 0 Å². The Hall–Kier alpha value is -1.10. The number of rotatable bonds is 1. The van der Waals surface area contributed by atoms with Gasteiger partial charge >= 0.3 is 0 Å². The molecule has 2 N–H and O–H groups in total. The van der Waals surface area contributed by atoms with E-state index in [-0.39, 0.29) is 19.0 Å². The van der Waals surface area contributed by atoms with E-state index in [1.165, 1.54) is 0 Å². The average Bonchev–Trinajstić information content (AvgIpc) is 2.21. The molecule has 1 heterocycles. The molecule has 1 aromatic rings. The maximum Gasteiger partial charge on any atom is 0.184 e. The molecule has 0 aromatic heterocycles. The Morgan fingerprint density at radius 2 is 1.64 bits per heavy atom. The van der Waals surface area contributed by atoms with E-state index in [1.54, 1.807) is 24.3 Å². The maximum absolute atomic E-state index is 9.13. The molecule has 0 bridgehead atoms. The van der Waals surface area contributed by atoms with Crippen molar-refractivity contribution in [2.45, 2.75) is 12.4 Å². The maximum atomic E-state index is 9.13. The molecule has 4 nitrogen and oxygen atoms in total. The van der Waals surface area contributed by atoms with Gasteiger partial charge in [0.1, 0.15) is 11.9 Å². The summed E-state index contributed by atoms with van der Waals surface area (Å²) in [5.41, 5.74) is 0.842. The summed E-state index contributed by atoms with van der Waals surface area (Å²) in [6.07, 6.45) is -0.970. The Morgan fingerprint density at radius 3 is 2.21 bits per heavy atom. The highest BCUT2D eigenvalue weighted by Gasteiger charge is 2.21. The van der Waals surface area contributed by atoms with Crippen LogP contribution in [0.5, 0.6) is 5.75 Å². The number of aliphatic hydroxyl groups is 1. The number of aromatic hydroxyl groups is 1. The Labute approximate surface area is 81.7 Å². The third-order valence-electron chi connectivity index (χ3n) is 2.05. The topological polar surface area (TPSA) is 58.9 Å². The number of aliphatic hydroxyl groups excluding tert-OH is 1. The fraction of sp³-hybridized carbons (Fsp3) is 0.400. The third-order valence-corrected chi connectivity index (χ3v) is 2.05. The summed E-state index contributed by atoms with van der Waals surface area (Å²) in [4.78, 5) is 0. The van der Waals surface area contributed by atoms with Crippen molar-refractivity contribution < 1.29 is 19.7 Å². The molecule has 1 aliphatic rings. The van der Waals surface area contributed by atoms with Gasteiger partial charge < -0.3 is 19.7 Å². The first-order valence-electron chi connectivity index (χ1n) is 4.46. The average molecular weight is 196 g/mol. The number of benzene rings is 1. The van der Waals surface area contributed by atoms with Crippen LogP contribution in [0.1, 0.15) is 11.9 Å². The minimum Gasteiger partial charge on any atom is -0.508 e. The largest absolute Gasteiger partial charge is 0.508 e. The second kappa shape index (κ2) is 3.96. The van der Waals surface area contributed by atoms with Crippen molar-refractivity contribution in [1.82, 2.24) is 0 Å². The van der Waals surface area contributed by atoms with Crippen LogP contribution in [-0.2, 0) is 9.47 Å². The zero-order valence-corrected chi connectivity index (χ0v) is 7.59. The molecule has 2 rings (SSSR count). The fourth-order valence-corrected chi connectivity index (χ4v) is 1.32. The van der Waals surface area contributed by atoms with Gasteiger partial charge in [0.25, 0.3) is 0 Å². The molecule has 0 saturated carbocycles. The fourth-order valence-electron chi connectivity index (χ4n) is 1.32. The molecule has 1 aromatic carbocycles. The van der Waals surface area contributed by atoms with Crippen molar-refractivity contribution in [2.75, 3.05) is 13.2 Å². The lowest BCUT2D eigenvalue weighted by atomic mass is 10.2. The van der Waals surface area contributed by atoms with E-state index in [0.717, 1.165) is 5.56 Å². The van der Waals surface area contributed by atoms with Crippen LogP contribution in [0.25, 0.3) is 0 Å². The first-order chi connectivity index (χ1) is 6.75. The summed E-state index contributed by atoms with van der Waals surface area (Å²) in [5, 5.41) is 18.2. The molecule has 1 saturated heterocycles. The predicted octanol–water partition coefficient (Wildman–Crippen LogP) is 0.798. The molecule has 1 fully saturated rings. The minimum atomic E-state index is -0.539. The van der Waals surface area contributed by atoms with Crippen molar-refractivity contribution in [3.05, 3.63) is 29.8 Å². The molecule has 14 heavy (non-hydrogen) atoms. The summed E-state index contributed by atoms with van der Waals surface area (Å²) in [6.45, 7) is 0.567. The lowest BCUT2D eigenvalue weighted by Gasteiger charge is -2.26. The van der Waals surface area contributed by atoms with Crippen LogP contribution in [0.3, 0.4) is 0 Å². The van der Waals surface area contributed by atoms with Crippen LogP contribution < -0.4 is 0 Å². The Kier molecular flexibility index (Phi) is 2.67. The second-order valence-electron chi connectivity index (χ2n) is 3.24. The van der Waals surface area contributed by atoms with Crippen molar-refractivity contribution in [3.8, 4) is 5.75 Å². The summed E-state index contributed by atoms with van der Waals surface area (Å²) in [6, 6.07) is 6.62. The van der Waals surface area contributed by atoms with Crippen molar-refractivity contribution in [3.63, 3.8) is 0 Å². The van der Waals surface area contributed by atoms with Gasteiger partial charge in [-0.2, -0.15) is 0 Å². The minimum absolute atomic E-state index is 0.213. The van der Waals surface area contributed by atoms with Crippen LogP contribution in [-0.4, -0.2) is 29.5 Å². The molecule has 0 aliphatic carbocycles. The van der Waals surface area contributed by atoms with Crippen LogP contribution in [0.2, 0.25) is 0 Å². The molecular weight excluding hydrogens is 184 g/mol. The number of ether oxygens (including phenoxy) is 2. The highest BCUT2D eigenvalue weighted by molar-refractivity contribution is 5.26. The van der Waals surface area contributed by atoms with E-state index in [9.17, 15) is 0 Å². The third kappa shape index (κ3) is 2.04. The smallest absolute Gasteiger partial charge is 0.184 e. The zero-order chi connectivity index (χ0) is 9.97. The van der Waals surface area contributed by atoms with Gasteiger partial charge in [-0.15, -0.1) is 0 Å². The van der Waals surface area contributed by atoms with Gasteiger partial charge in [-0.3, -0.25) is 0 Å². The molecule has 1 aliphatic heterocycles. The molecule has 0 unspecified atom stereocenters. The molecule has 0 atom stereocenters. The quantitative estimate of drug-likeness (QED) is 0.697. The zero-order valence-electron chi connectivity index (χ0n) is 7.59. The van der Waals surface area contributed by atoms with E-state index in [4.69, 9.17) is 19.7 Å². The summed E-state index contributed by atoms with van der Waals surface area (Å²) in [7, 11) is 0. The van der Waals surface area contributed by atoms with Crippen LogP contribution in [0.4, 0.5) is 0 Å². The van der Waals surface area contributed by atoms with E-state index in [0.29, 0.717) is 0 Å². The van der Waals surface area contributed by atoms with Gasteiger partial charge in [-0.1, -0.05) is 12.1 Å². The molecular formula is C10H12O4. The summed E-state index contributed by atoms with van der Waals surface area (Å²) in [5.74, 6) is 0.213. The Bertz CT molecular complexity index is 287. The van der Waals surface area contributed by atoms with Crippen LogP contribution in [0, 0.1) is 0 Å². The van der Waals surface area contributed by atoms with Crippen LogP contribution in [0.15, 0.2) is 24.3 Å². The van der Waals surface area contributed by atoms with Gasteiger partial charge in [0.15, 0.2) is 6.29 Å². The van der Waals surface area contributed by atoms with E-state index in [1.807, 2.05) is 0 Å². The molecule has 76 valence electrons. The Balaban J connectivity index is 2.05. The van der Waals surface area contributed by atoms with E-state index >= 15 is 0 Å². The number of phenolic OH excluding ortho intramolecular Hbond substituents is 1. The lowest BCUT2D eigenvalue weighted by molar-refractivity contribution is -0.220. The summed E-state index contributed by atoms with van der Waals surface area (Å²) < 4.78 is 10.5. The van der Waals surface area contributed by atoms with E-state index < -0.39 is 12.4 Å². The monoisotopic (exact) mass is 196 g/mol. The van der Waals surface area contributed by atoms with Crippen molar-refractivity contribution in [1.29, 1.82) is 0 Å². The van der Waals surface area contributed by atoms with Gasteiger partial charge in [0, 0.05) is 5.56 Å². The van der Waals surface area contributed by atoms with Crippen molar-refractivity contribution in [2.24, 2.45) is 0 Å². The standard InChI is InChI=1S/C10H12O4/c11-8-3-1-7(2-4-8)10-13-5-9(12)6-14-10/h1-4,9-12H,5-6H2. The second-order valence-corrected chi connectivity index (χ2v) is 3.24. The van der Waals surface area contributed by atoms with Gasteiger partial charge in [-0.25, -0.2) is 0 Å². The molecule has 0 amide bonds. The predicted molar refractivity (Wildman–Crippen MR) is 48.8 cm³/mol. The number of hydrogen-bond acceptors (Lipinski definition) is 4. The Morgan fingerprint density at radius 1 is 1.07 bits per heavy atom. The molecule has 4 heteroatoms. The van der Waals surface area contributed by atoms with Crippen molar-refractivity contribution >= 4 is 0 Å². The first-order valence-corrected chi connectivity index (χ1v) is 4.46. The van der Waals surface area contributed by atoms with Gasteiger partial charge in [-0.05, 0) is 12.1 Å². The molecule has 0 radical (unpaired) electrons. The van der Waals surface area contributed by atoms with Gasteiger partial charge in [0.05, 0.1) is 13.2 Å². The highest BCUT2D eigenvalue weighted by Crippen LogP contribution is 2.24. The number of hydrogen-bond donors (Lipinski definition) is 2. The molecule has 0 spiro atoms. The highest BCUT2D eigenvalue weighted by atomic mass is 16.7.